The van der Waals surface area contributed by atoms with E-state index in [9.17, 15) is 5.11 Å². The first kappa shape index (κ1) is 9.28. The lowest BCUT2D eigenvalue weighted by Crippen LogP contribution is -1.81. The Labute approximate surface area is 87.3 Å². The minimum absolute atomic E-state index is 0.409. The van der Waals surface area contributed by atoms with Gasteiger partial charge in [-0.1, -0.05) is 12.1 Å². The summed E-state index contributed by atoms with van der Waals surface area (Å²) in [6.45, 7) is 5.73. The first-order valence-corrected chi connectivity index (χ1v) is 5.36. The van der Waals surface area contributed by atoms with Crippen LogP contribution in [0.4, 0.5) is 0 Å². The fourth-order valence-electron chi connectivity index (χ4n) is 1.59. The highest BCUT2D eigenvalue weighted by Crippen LogP contribution is 2.34. The number of allylic oxidation sites excluding steroid dienone is 1. The van der Waals surface area contributed by atoms with E-state index in [0.29, 0.717) is 5.75 Å². The van der Waals surface area contributed by atoms with Crippen LogP contribution < -0.4 is 0 Å². The Bertz CT molecular complexity index is 482. The van der Waals surface area contributed by atoms with Crippen molar-refractivity contribution in [1.82, 2.24) is 0 Å². The Morgan fingerprint density at radius 2 is 2.29 bits per heavy atom. The zero-order valence-corrected chi connectivity index (χ0v) is 8.90. The van der Waals surface area contributed by atoms with Gasteiger partial charge in [0.2, 0.25) is 0 Å². The largest absolute Gasteiger partial charge is 0.507 e. The molecule has 72 valence electrons. The van der Waals surface area contributed by atoms with Crippen molar-refractivity contribution in [3.05, 3.63) is 41.3 Å². The second-order valence-corrected chi connectivity index (χ2v) is 4.62. The molecule has 2 heteroatoms. The topological polar surface area (TPSA) is 20.2 Å². The molecule has 0 aliphatic heterocycles. The molecule has 1 aromatic heterocycles. The molecule has 0 amide bonds. The monoisotopic (exact) mass is 204 g/mol. The van der Waals surface area contributed by atoms with Crippen LogP contribution in [0.15, 0.2) is 30.9 Å². The minimum atomic E-state index is 0.409. The number of aryl methyl sites for hydroxylation is 1. The molecule has 0 saturated carbocycles. The van der Waals surface area contributed by atoms with Gasteiger partial charge in [0.25, 0.3) is 0 Å². The molecular weight excluding hydrogens is 192 g/mol. The summed E-state index contributed by atoms with van der Waals surface area (Å²) in [6, 6.07) is 6.06. The molecule has 0 unspecified atom stereocenters. The number of phenolic OH excluding ortho intramolecular Hbond substituents is 1. The van der Waals surface area contributed by atoms with E-state index in [0.717, 1.165) is 22.1 Å². The molecule has 1 aromatic carbocycles. The van der Waals surface area contributed by atoms with E-state index >= 15 is 0 Å². The Kier molecular flexibility index (Phi) is 2.30. The zero-order chi connectivity index (χ0) is 10.1. The fraction of sp³-hybridized carbons (Fsp3) is 0.167. The van der Waals surface area contributed by atoms with Crippen LogP contribution in [0.3, 0.4) is 0 Å². The molecule has 0 fully saturated rings. The summed E-state index contributed by atoms with van der Waals surface area (Å²) in [5.41, 5.74) is 0.949. The maximum absolute atomic E-state index is 9.95. The second-order valence-electron chi connectivity index (χ2n) is 3.33. The van der Waals surface area contributed by atoms with Crippen LogP contribution in [0.2, 0.25) is 0 Å². The number of benzene rings is 1. The van der Waals surface area contributed by atoms with Crippen molar-refractivity contribution in [2.75, 3.05) is 0 Å². The van der Waals surface area contributed by atoms with Crippen molar-refractivity contribution in [3.8, 4) is 5.75 Å². The number of hydrogen-bond donors (Lipinski definition) is 1. The zero-order valence-electron chi connectivity index (χ0n) is 8.08. The minimum Gasteiger partial charge on any atom is -0.507 e. The van der Waals surface area contributed by atoms with Crippen LogP contribution in [-0.4, -0.2) is 5.11 Å². The first-order chi connectivity index (χ1) is 6.72. The summed E-state index contributed by atoms with van der Waals surface area (Å²) >= 11 is 1.71. The molecule has 0 aliphatic carbocycles. The number of hydrogen-bond acceptors (Lipinski definition) is 2. The van der Waals surface area contributed by atoms with Crippen LogP contribution in [0.1, 0.15) is 10.4 Å². The van der Waals surface area contributed by atoms with Crippen molar-refractivity contribution in [3.63, 3.8) is 0 Å². The highest BCUT2D eigenvalue weighted by Gasteiger charge is 2.07. The molecule has 2 rings (SSSR count). The van der Waals surface area contributed by atoms with Gasteiger partial charge in [-0.2, -0.15) is 0 Å². The summed E-state index contributed by atoms with van der Waals surface area (Å²) in [6.07, 6.45) is 2.52. The van der Waals surface area contributed by atoms with Crippen molar-refractivity contribution < 1.29 is 5.11 Å². The maximum Gasteiger partial charge on any atom is 0.127 e. The Morgan fingerprint density at radius 3 is 3.00 bits per heavy atom. The van der Waals surface area contributed by atoms with E-state index < -0.39 is 0 Å². The fourth-order valence-corrected chi connectivity index (χ4v) is 2.51. The van der Waals surface area contributed by atoms with Crippen LogP contribution in [0, 0.1) is 6.92 Å². The van der Waals surface area contributed by atoms with Crippen molar-refractivity contribution in [1.29, 1.82) is 0 Å². The smallest absolute Gasteiger partial charge is 0.127 e. The van der Waals surface area contributed by atoms with Crippen molar-refractivity contribution in [2.24, 2.45) is 0 Å². The molecule has 0 atom stereocenters. The summed E-state index contributed by atoms with van der Waals surface area (Å²) in [5.74, 6) is 0.409. The molecule has 1 nitrogen and oxygen atoms in total. The predicted molar refractivity (Wildman–Crippen MR) is 62.1 cm³/mol. The van der Waals surface area contributed by atoms with Crippen molar-refractivity contribution >= 4 is 21.4 Å². The van der Waals surface area contributed by atoms with Gasteiger partial charge in [0.05, 0.1) is 0 Å². The van der Waals surface area contributed by atoms with E-state index in [4.69, 9.17) is 0 Å². The number of thiophene rings is 1. The van der Waals surface area contributed by atoms with Gasteiger partial charge in [-0.15, -0.1) is 17.9 Å². The Hall–Kier alpha value is -1.28. The molecule has 14 heavy (non-hydrogen) atoms. The molecule has 1 heterocycles. The molecular formula is C12H12OS. The maximum atomic E-state index is 9.95. The van der Waals surface area contributed by atoms with E-state index in [1.165, 1.54) is 4.88 Å². The average Bonchev–Trinajstić information content (AvgIpc) is 2.52. The lowest BCUT2D eigenvalue weighted by atomic mass is 10.1. The van der Waals surface area contributed by atoms with Gasteiger partial charge in [-0.05, 0) is 31.0 Å². The predicted octanol–water partition coefficient (Wildman–Crippen LogP) is 3.64. The van der Waals surface area contributed by atoms with Gasteiger partial charge in [0, 0.05) is 15.0 Å². The van der Waals surface area contributed by atoms with Crippen LogP contribution in [-0.2, 0) is 6.42 Å². The molecule has 0 aliphatic rings. The van der Waals surface area contributed by atoms with Gasteiger partial charge >= 0.3 is 0 Å². The van der Waals surface area contributed by atoms with E-state index in [2.05, 4.69) is 19.6 Å². The SMILES string of the molecule is C=CCc1ccc2sc(C)cc2c1O. The summed E-state index contributed by atoms with van der Waals surface area (Å²) in [5, 5.41) is 10.9. The first-order valence-electron chi connectivity index (χ1n) is 4.54. The van der Waals surface area contributed by atoms with Crippen molar-refractivity contribution in [2.45, 2.75) is 13.3 Å². The Balaban J connectivity index is 2.67. The van der Waals surface area contributed by atoms with Gasteiger partial charge in [0.15, 0.2) is 0 Å². The normalized spacial score (nSPS) is 10.6. The van der Waals surface area contributed by atoms with Gasteiger partial charge in [0.1, 0.15) is 5.75 Å². The van der Waals surface area contributed by atoms with Gasteiger partial charge < -0.3 is 5.11 Å². The van der Waals surface area contributed by atoms with Gasteiger partial charge in [-0.25, -0.2) is 0 Å². The second kappa shape index (κ2) is 3.46. The third-order valence-electron chi connectivity index (χ3n) is 2.24. The van der Waals surface area contributed by atoms with Crippen LogP contribution in [0.5, 0.6) is 5.75 Å². The average molecular weight is 204 g/mol. The number of fused-ring (bicyclic) bond motifs is 1. The molecule has 0 saturated heterocycles. The highest BCUT2D eigenvalue weighted by atomic mass is 32.1. The lowest BCUT2D eigenvalue weighted by Gasteiger charge is -2.01. The van der Waals surface area contributed by atoms with E-state index in [-0.39, 0.29) is 0 Å². The van der Waals surface area contributed by atoms with Gasteiger partial charge in [-0.3, -0.25) is 0 Å². The van der Waals surface area contributed by atoms with Crippen LogP contribution in [0.25, 0.3) is 10.1 Å². The summed E-state index contributed by atoms with van der Waals surface area (Å²) in [4.78, 5) is 1.23. The molecule has 0 bridgehead atoms. The summed E-state index contributed by atoms with van der Waals surface area (Å²) < 4.78 is 1.15. The lowest BCUT2D eigenvalue weighted by molar-refractivity contribution is 0.476. The standard InChI is InChI=1S/C12H12OS/c1-3-4-9-5-6-11-10(12(9)13)7-8(2)14-11/h3,5-7,13H,1,4H2,2H3. The quantitative estimate of drug-likeness (QED) is 0.740. The van der Waals surface area contributed by atoms with Crippen LogP contribution >= 0.6 is 11.3 Å². The molecule has 1 N–H and O–H groups in total. The Morgan fingerprint density at radius 1 is 1.50 bits per heavy atom. The highest BCUT2D eigenvalue weighted by molar-refractivity contribution is 7.19. The molecule has 0 radical (unpaired) electrons. The number of rotatable bonds is 2. The van der Waals surface area contributed by atoms with E-state index in [1.807, 2.05) is 12.1 Å². The third kappa shape index (κ3) is 1.42. The third-order valence-corrected chi connectivity index (χ3v) is 3.26. The number of phenols is 1. The number of aromatic hydroxyl groups is 1. The van der Waals surface area contributed by atoms with E-state index in [1.54, 1.807) is 17.4 Å². The molecule has 2 aromatic rings. The molecule has 0 spiro atoms. The summed E-state index contributed by atoms with van der Waals surface area (Å²) in [7, 11) is 0.